The number of ether oxygens (including phenoxy) is 1. The lowest BCUT2D eigenvalue weighted by Crippen LogP contribution is -2.06. The molecule has 0 bridgehead atoms. The number of fused-ring (bicyclic) bond motifs is 2. The Bertz CT molecular complexity index is 1200. The third-order valence-electron chi connectivity index (χ3n) is 4.83. The van der Waals surface area contributed by atoms with Crippen LogP contribution in [-0.4, -0.2) is 6.10 Å². The Balaban J connectivity index is 2.14. The predicted molar refractivity (Wildman–Crippen MR) is 103 cm³/mol. The van der Waals surface area contributed by atoms with Crippen molar-refractivity contribution in [3.8, 4) is 5.75 Å². The van der Waals surface area contributed by atoms with Gasteiger partial charge in [0.1, 0.15) is 5.75 Å². The molecular weight excluding hydrogens is 292 g/mol. The molecule has 0 aliphatic heterocycles. The second kappa shape index (κ2) is 4.85. The van der Waals surface area contributed by atoms with Gasteiger partial charge in [0.25, 0.3) is 0 Å². The van der Waals surface area contributed by atoms with Gasteiger partial charge in [0.05, 0.1) is 6.10 Å². The SMILES string of the molecule is CC(C)Oc1ccc2cccc3c4cccc5cccc(c1c23)c54. The van der Waals surface area contributed by atoms with Crippen molar-refractivity contribution in [2.75, 3.05) is 0 Å². The fourth-order valence-electron chi connectivity index (χ4n) is 3.98. The van der Waals surface area contributed by atoms with Crippen LogP contribution >= 0.6 is 0 Å². The number of hydrogen-bond acceptors (Lipinski definition) is 1. The molecule has 0 aliphatic rings. The first-order valence-corrected chi connectivity index (χ1v) is 8.49. The van der Waals surface area contributed by atoms with Gasteiger partial charge in [-0.2, -0.15) is 0 Å². The van der Waals surface area contributed by atoms with Crippen LogP contribution in [-0.2, 0) is 0 Å². The summed E-state index contributed by atoms with van der Waals surface area (Å²) in [5, 5.41) is 10.3. The molecule has 0 fully saturated rings. The largest absolute Gasteiger partial charge is 0.490 e. The molecule has 0 radical (unpaired) electrons. The molecule has 0 aromatic heterocycles. The van der Waals surface area contributed by atoms with E-state index >= 15 is 0 Å². The van der Waals surface area contributed by atoms with E-state index in [0.29, 0.717) is 0 Å². The number of hydrogen-bond donors (Lipinski definition) is 0. The quantitative estimate of drug-likeness (QED) is 0.266. The average molecular weight is 310 g/mol. The molecule has 0 atom stereocenters. The van der Waals surface area contributed by atoms with Crippen molar-refractivity contribution in [3.05, 3.63) is 66.7 Å². The van der Waals surface area contributed by atoms with Crippen LogP contribution in [0.1, 0.15) is 13.8 Å². The summed E-state index contributed by atoms with van der Waals surface area (Å²) in [4.78, 5) is 0. The van der Waals surface area contributed by atoms with E-state index in [1.807, 2.05) is 0 Å². The maximum Gasteiger partial charge on any atom is 0.128 e. The van der Waals surface area contributed by atoms with Gasteiger partial charge in [-0.1, -0.05) is 60.7 Å². The highest BCUT2D eigenvalue weighted by Gasteiger charge is 2.16. The van der Waals surface area contributed by atoms with Gasteiger partial charge in [0.15, 0.2) is 0 Å². The first kappa shape index (κ1) is 13.6. The Labute approximate surface area is 140 Å². The summed E-state index contributed by atoms with van der Waals surface area (Å²) >= 11 is 0. The molecule has 0 amide bonds. The second-order valence-electron chi connectivity index (χ2n) is 6.72. The molecule has 0 spiro atoms. The van der Waals surface area contributed by atoms with Crippen molar-refractivity contribution in [2.45, 2.75) is 20.0 Å². The molecule has 5 rings (SSSR count). The van der Waals surface area contributed by atoms with Crippen molar-refractivity contribution in [1.82, 2.24) is 0 Å². The summed E-state index contributed by atoms with van der Waals surface area (Å²) < 4.78 is 6.18. The third kappa shape index (κ3) is 1.75. The molecule has 116 valence electrons. The van der Waals surface area contributed by atoms with E-state index in [1.54, 1.807) is 0 Å². The number of rotatable bonds is 2. The van der Waals surface area contributed by atoms with Gasteiger partial charge < -0.3 is 4.74 Å². The summed E-state index contributed by atoms with van der Waals surface area (Å²) in [5.74, 6) is 0.979. The predicted octanol–water partition coefficient (Wildman–Crippen LogP) is 6.52. The van der Waals surface area contributed by atoms with Gasteiger partial charge in [0.2, 0.25) is 0 Å². The van der Waals surface area contributed by atoms with E-state index < -0.39 is 0 Å². The Morgan fingerprint density at radius 1 is 0.583 bits per heavy atom. The maximum atomic E-state index is 6.18. The highest BCUT2D eigenvalue weighted by Crippen LogP contribution is 2.43. The Kier molecular flexibility index (Phi) is 2.75. The molecule has 5 aromatic rings. The summed E-state index contributed by atoms with van der Waals surface area (Å²) in [6, 6.07) is 24.0. The van der Waals surface area contributed by atoms with Crippen LogP contribution in [0.4, 0.5) is 0 Å². The van der Waals surface area contributed by atoms with Crippen LogP contribution < -0.4 is 4.74 Å². The third-order valence-corrected chi connectivity index (χ3v) is 4.83. The van der Waals surface area contributed by atoms with Gasteiger partial charge in [-0.15, -0.1) is 0 Å². The molecule has 24 heavy (non-hydrogen) atoms. The minimum absolute atomic E-state index is 0.155. The topological polar surface area (TPSA) is 9.23 Å². The van der Waals surface area contributed by atoms with Gasteiger partial charge in [-0.25, -0.2) is 0 Å². The molecule has 0 unspecified atom stereocenters. The summed E-state index contributed by atoms with van der Waals surface area (Å²) in [5.41, 5.74) is 0. The summed E-state index contributed by atoms with van der Waals surface area (Å²) in [6.45, 7) is 4.17. The molecule has 0 aliphatic carbocycles. The van der Waals surface area contributed by atoms with Crippen molar-refractivity contribution in [3.63, 3.8) is 0 Å². The molecule has 1 nitrogen and oxygen atoms in total. The zero-order valence-electron chi connectivity index (χ0n) is 13.8. The smallest absolute Gasteiger partial charge is 0.128 e. The van der Waals surface area contributed by atoms with Crippen LogP contribution in [0.25, 0.3) is 43.1 Å². The summed E-state index contributed by atoms with van der Waals surface area (Å²) in [6.07, 6.45) is 0.155. The minimum atomic E-state index is 0.155. The van der Waals surface area contributed by atoms with Gasteiger partial charge in [0, 0.05) is 10.8 Å². The first-order valence-electron chi connectivity index (χ1n) is 8.49. The molecule has 0 N–H and O–H groups in total. The van der Waals surface area contributed by atoms with Crippen LogP contribution in [0, 0.1) is 0 Å². The second-order valence-corrected chi connectivity index (χ2v) is 6.72. The monoisotopic (exact) mass is 310 g/mol. The van der Waals surface area contributed by atoms with Crippen molar-refractivity contribution in [2.24, 2.45) is 0 Å². The van der Waals surface area contributed by atoms with Crippen LogP contribution in [0.15, 0.2) is 66.7 Å². The molecule has 0 heterocycles. The first-order chi connectivity index (χ1) is 11.7. The van der Waals surface area contributed by atoms with E-state index in [9.17, 15) is 0 Å². The van der Waals surface area contributed by atoms with E-state index in [-0.39, 0.29) is 6.10 Å². The molecule has 1 heteroatoms. The van der Waals surface area contributed by atoms with E-state index in [0.717, 1.165) is 5.75 Å². The lowest BCUT2D eigenvalue weighted by atomic mass is 9.89. The lowest BCUT2D eigenvalue weighted by Gasteiger charge is -2.18. The average Bonchev–Trinajstić information content (AvgIpc) is 2.59. The fourth-order valence-corrected chi connectivity index (χ4v) is 3.98. The zero-order valence-corrected chi connectivity index (χ0v) is 13.8. The highest BCUT2D eigenvalue weighted by atomic mass is 16.5. The lowest BCUT2D eigenvalue weighted by molar-refractivity contribution is 0.246. The molecular formula is C23H18O. The van der Waals surface area contributed by atoms with E-state index in [1.165, 1.54) is 43.1 Å². The Morgan fingerprint density at radius 3 is 1.83 bits per heavy atom. The number of benzene rings is 5. The maximum absolute atomic E-state index is 6.18. The summed E-state index contributed by atoms with van der Waals surface area (Å²) in [7, 11) is 0. The normalized spacial score (nSPS) is 12.1. The van der Waals surface area contributed by atoms with Gasteiger partial charge >= 0.3 is 0 Å². The molecule has 5 aromatic carbocycles. The van der Waals surface area contributed by atoms with Crippen molar-refractivity contribution in [1.29, 1.82) is 0 Å². The molecule has 0 saturated heterocycles. The van der Waals surface area contributed by atoms with Gasteiger partial charge in [-0.3, -0.25) is 0 Å². The van der Waals surface area contributed by atoms with E-state index in [4.69, 9.17) is 4.74 Å². The van der Waals surface area contributed by atoms with Gasteiger partial charge in [-0.05, 0) is 52.2 Å². The Morgan fingerprint density at radius 2 is 1.17 bits per heavy atom. The standard InChI is InChI=1S/C23H18O/c1-14(2)24-20-13-12-16-8-4-10-18-17-9-3-6-15-7-5-11-19(21(15)17)23(20)22(16)18/h3-14H,1-2H3. The fraction of sp³-hybridized carbons (Fsp3) is 0.130. The zero-order chi connectivity index (χ0) is 16.3. The molecule has 0 saturated carbocycles. The van der Waals surface area contributed by atoms with Crippen molar-refractivity contribution >= 4 is 43.1 Å². The highest BCUT2D eigenvalue weighted by molar-refractivity contribution is 6.34. The van der Waals surface area contributed by atoms with E-state index in [2.05, 4.69) is 80.6 Å². The van der Waals surface area contributed by atoms with Crippen LogP contribution in [0.5, 0.6) is 5.75 Å². The van der Waals surface area contributed by atoms with Crippen LogP contribution in [0.3, 0.4) is 0 Å². The van der Waals surface area contributed by atoms with Crippen LogP contribution in [0.2, 0.25) is 0 Å². The Hall–Kier alpha value is -2.80. The minimum Gasteiger partial charge on any atom is -0.490 e. The van der Waals surface area contributed by atoms with Crippen molar-refractivity contribution < 1.29 is 4.74 Å².